The molecule has 2 aromatic rings. The molecule has 0 spiro atoms. The van der Waals surface area contributed by atoms with Gasteiger partial charge in [-0.05, 0) is 36.4 Å². The second-order valence-electron chi connectivity index (χ2n) is 4.25. The number of rotatable bonds is 3. The van der Waals surface area contributed by atoms with Gasteiger partial charge in [0, 0.05) is 30.9 Å². The number of hydrogen-bond acceptors (Lipinski definition) is 2. The second kappa shape index (κ2) is 5.23. The summed E-state index contributed by atoms with van der Waals surface area (Å²) in [6, 6.07) is 14.6. The Bertz CT molecular complexity index is 561. The number of benzene rings is 2. The van der Waals surface area contributed by atoms with Crippen molar-refractivity contribution in [2.45, 2.75) is 0 Å². The molecule has 0 aliphatic heterocycles. The van der Waals surface area contributed by atoms with E-state index < -0.39 is 0 Å². The maximum Gasteiger partial charge on any atom is 0.194 e. The van der Waals surface area contributed by atoms with Crippen molar-refractivity contribution in [1.29, 1.82) is 0 Å². The Balaban J connectivity index is 2.32. The van der Waals surface area contributed by atoms with Gasteiger partial charge < -0.3 is 4.90 Å². The summed E-state index contributed by atoms with van der Waals surface area (Å²) in [5.41, 5.74) is 2.25. The molecular formula is C15H14ClNO. The summed E-state index contributed by atoms with van der Waals surface area (Å²) in [4.78, 5) is 14.2. The number of nitrogens with zero attached hydrogens (tertiary/aromatic N) is 1. The van der Waals surface area contributed by atoms with Gasteiger partial charge >= 0.3 is 0 Å². The summed E-state index contributed by atoms with van der Waals surface area (Å²) in [6.45, 7) is 0. The monoisotopic (exact) mass is 259 g/mol. The van der Waals surface area contributed by atoms with Crippen LogP contribution in [0.2, 0.25) is 5.02 Å². The van der Waals surface area contributed by atoms with E-state index >= 15 is 0 Å². The van der Waals surface area contributed by atoms with Gasteiger partial charge in [0.25, 0.3) is 0 Å². The summed E-state index contributed by atoms with van der Waals surface area (Å²) < 4.78 is 0. The molecule has 0 amide bonds. The van der Waals surface area contributed by atoms with Gasteiger partial charge in [0.2, 0.25) is 0 Å². The molecule has 0 atom stereocenters. The highest BCUT2D eigenvalue weighted by Gasteiger charge is 2.12. The van der Waals surface area contributed by atoms with E-state index in [0.29, 0.717) is 16.1 Å². The first-order valence-electron chi connectivity index (χ1n) is 5.66. The SMILES string of the molecule is CN(C)c1ccc(C(=O)c2ccccc2Cl)cc1. The fourth-order valence-corrected chi connectivity index (χ4v) is 1.93. The summed E-state index contributed by atoms with van der Waals surface area (Å²) in [6.07, 6.45) is 0. The van der Waals surface area contributed by atoms with E-state index in [4.69, 9.17) is 11.6 Å². The number of carbonyl (C=O) groups excluding carboxylic acids is 1. The molecule has 0 heterocycles. The molecule has 0 bridgehead atoms. The van der Waals surface area contributed by atoms with Crippen molar-refractivity contribution in [3.8, 4) is 0 Å². The molecule has 0 aliphatic carbocycles. The van der Waals surface area contributed by atoms with Crippen molar-refractivity contribution in [2.24, 2.45) is 0 Å². The summed E-state index contributed by atoms with van der Waals surface area (Å²) in [5.74, 6) is -0.0501. The Morgan fingerprint density at radius 1 is 1.00 bits per heavy atom. The Kier molecular flexibility index (Phi) is 3.68. The fourth-order valence-electron chi connectivity index (χ4n) is 1.71. The van der Waals surface area contributed by atoms with Crippen LogP contribution in [0, 0.1) is 0 Å². The van der Waals surface area contributed by atoms with Gasteiger partial charge in [-0.1, -0.05) is 23.7 Å². The molecule has 92 valence electrons. The number of carbonyl (C=O) groups is 1. The van der Waals surface area contributed by atoms with Crippen LogP contribution in [0.15, 0.2) is 48.5 Å². The lowest BCUT2D eigenvalue weighted by molar-refractivity contribution is 0.103. The largest absolute Gasteiger partial charge is 0.378 e. The zero-order chi connectivity index (χ0) is 13.1. The minimum absolute atomic E-state index is 0.0501. The summed E-state index contributed by atoms with van der Waals surface area (Å²) in [7, 11) is 3.93. The van der Waals surface area contributed by atoms with E-state index in [1.807, 2.05) is 55.4 Å². The standard InChI is InChI=1S/C15H14ClNO/c1-17(2)12-9-7-11(8-10-12)15(18)13-5-3-4-6-14(13)16/h3-10H,1-2H3. The molecule has 0 fully saturated rings. The van der Waals surface area contributed by atoms with Gasteiger partial charge in [-0.2, -0.15) is 0 Å². The molecule has 0 radical (unpaired) electrons. The maximum atomic E-state index is 12.3. The molecule has 0 saturated carbocycles. The number of ketones is 1. The lowest BCUT2D eigenvalue weighted by Crippen LogP contribution is -2.09. The molecule has 2 nitrogen and oxygen atoms in total. The molecule has 18 heavy (non-hydrogen) atoms. The zero-order valence-electron chi connectivity index (χ0n) is 10.4. The second-order valence-corrected chi connectivity index (χ2v) is 4.66. The van der Waals surface area contributed by atoms with E-state index in [1.54, 1.807) is 12.1 Å². The molecule has 0 N–H and O–H groups in total. The quantitative estimate of drug-likeness (QED) is 0.785. The van der Waals surface area contributed by atoms with Gasteiger partial charge in [0.05, 0.1) is 5.02 Å². The highest BCUT2D eigenvalue weighted by Crippen LogP contribution is 2.20. The minimum atomic E-state index is -0.0501. The van der Waals surface area contributed by atoms with E-state index in [2.05, 4.69) is 0 Å². The van der Waals surface area contributed by atoms with Crippen molar-refractivity contribution in [3.63, 3.8) is 0 Å². The Morgan fingerprint density at radius 3 is 2.17 bits per heavy atom. The molecule has 0 unspecified atom stereocenters. The highest BCUT2D eigenvalue weighted by molar-refractivity contribution is 6.34. The minimum Gasteiger partial charge on any atom is -0.378 e. The van der Waals surface area contributed by atoms with Crippen molar-refractivity contribution in [1.82, 2.24) is 0 Å². The smallest absolute Gasteiger partial charge is 0.194 e. The molecule has 0 aromatic heterocycles. The van der Waals surface area contributed by atoms with E-state index in [1.165, 1.54) is 0 Å². The van der Waals surface area contributed by atoms with Gasteiger partial charge in [-0.25, -0.2) is 0 Å². The van der Waals surface area contributed by atoms with Crippen LogP contribution in [0.3, 0.4) is 0 Å². The van der Waals surface area contributed by atoms with Crippen molar-refractivity contribution < 1.29 is 4.79 Å². The lowest BCUT2D eigenvalue weighted by Gasteiger charge is -2.12. The third-order valence-electron chi connectivity index (χ3n) is 2.76. The zero-order valence-corrected chi connectivity index (χ0v) is 11.1. The number of hydrogen-bond donors (Lipinski definition) is 0. The molecule has 2 aromatic carbocycles. The lowest BCUT2D eigenvalue weighted by atomic mass is 10.0. The average molecular weight is 260 g/mol. The predicted octanol–water partition coefficient (Wildman–Crippen LogP) is 3.64. The van der Waals surface area contributed by atoms with Crippen molar-refractivity contribution in [3.05, 3.63) is 64.7 Å². The Labute approximate surface area is 112 Å². The maximum absolute atomic E-state index is 12.3. The van der Waals surface area contributed by atoms with Crippen molar-refractivity contribution >= 4 is 23.1 Å². The predicted molar refractivity (Wildman–Crippen MR) is 75.7 cm³/mol. The number of halogens is 1. The Morgan fingerprint density at radius 2 is 1.61 bits per heavy atom. The third-order valence-corrected chi connectivity index (χ3v) is 3.09. The van der Waals surface area contributed by atoms with E-state index in [0.717, 1.165) is 5.69 Å². The van der Waals surface area contributed by atoms with Gasteiger partial charge in [0.1, 0.15) is 0 Å². The summed E-state index contributed by atoms with van der Waals surface area (Å²) in [5, 5.41) is 0.485. The van der Waals surface area contributed by atoms with Gasteiger partial charge in [0.15, 0.2) is 5.78 Å². The normalized spacial score (nSPS) is 10.2. The van der Waals surface area contributed by atoms with Gasteiger partial charge in [-0.15, -0.1) is 0 Å². The first-order chi connectivity index (χ1) is 8.59. The summed E-state index contributed by atoms with van der Waals surface area (Å²) >= 11 is 6.02. The van der Waals surface area contributed by atoms with Crippen molar-refractivity contribution in [2.75, 3.05) is 19.0 Å². The van der Waals surface area contributed by atoms with Crippen LogP contribution in [-0.2, 0) is 0 Å². The molecule has 0 aliphatic rings. The molecular weight excluding hydrogens is 246 g/mol. The topological polar surface area (TPSA) is 20.3 Å². The first kappa shape index (κ1) is 12.7. The van der Waals surface area contributed by atoms with Crippen LogP contribution >= 0.6 is 11.6 Å². The first-order valence-corrected chi connectivity index (χ1v) is 6.04. The van der Waals surface area contributed by atoms with Crippen LogP contribution in [0.25, 0.3) is 0 Å². The number of anilines is 1. The van der Waals surface area contributed by atoms with Crippen LogP contribution in [0.1, 0.15) is 15.9 Å². The van der Waals surface area contributed by atoms with Gasteiger partial charge in [-0.3, -0.25) is 4.79 Å². The van der Waals surface area contributed by atoms with Crippen LogP contribution < -0.4 is 4.90 Å². The molecule has 0 saturated heterocycles. The average Bonchev–Trinajstić information content (AvgIpc) is 2.38. The fraction of sp³-hybridized carbons (Fsp3) is 0.133. The molecule has 2 rings (SSSR count). The van der Waals surface area contributed by atoms with Crippen LogP contribution in [0.5, 0.6) is 0 Å². The van der Waals surface area contributed by atoms with Crippen LogP contribution in [-0.4, -0.2) is 19.9 Å². The van der Waals surface area contributed by atoms with E-state index in [-0.39, 0.29) is 5.78 Å². The highest BCUT2D eigenvalue weighted by atomic mass is 35.5. The molecule has 3 heteroatoms. The van der Waals surface area contributed by atoms with E-state index in [9.17, 15) is 4.79 Å². The third kappa shape index (κ3) is 2.54. The Hall–Kier alpha value is -1.80. The van der Waals surface area contributed by atoms with Crippen LogP contribution in [0.4, 0.5) is 5.69 Å².